The number of hydrogen-bond donors (Lipinski definition) is 0. The standard InChI is InChI=1S/7ClH.2Na.2H/h7*1H;;;;. The Morgan fingerprint density at radius 3 is 0.222 bits per heavy atom. The van der Waals surface area contributed by atoms with Gasteiger partial charge in [-0.1, -0.05) is 0 Å². The number of rotatable bonds is 0. The van der Waals surface area contributed by atoms with Crippen LogP contribution in [0.3, 0.4) is 0 Å². The molecule has 60 valence electrons. The molecule has 0 spiro atoms. The molecule has 0 aliphatic carbocycles. The molecule has 0 heterocycles. The Morgan fingerprint density at radius 1 is 0.222 bits per heavy atom. The van der Waals surface area contributed by atoms with E-state index in [1.165, 1.54) is 0 Å². The second kappa shape index (κ2) is 90.1. The van der Waals surface area contributed by atoms with E-state index in [4.69, 9.17) is 0 Å². The van der Waals surface area contributed by atoms with Crippen LogP contribution in [0.2, 0.25) is 0 Å². The number of hydrogen-bond acceptors (Lipinski definition) is 0. The summed E-state index contributed by atoms with van der Waals surface area (Å²) in [5.74, 6) is 0. The quantitative estimate of drug-likeness (QED) is 0.597. The van der Waals surface area contributed by atoms with Crippen LogP contribution >= 0.6 is 86.8 Å². The molecule has 0 saturated heterocycles. The minimum atomic E-state index is 0. The van der Waals surface area contributed by atoms with Crippen molar-refractivity contribution in [2.75, 3.05) is 0 Å². The van der Waals surface area contributed by atoms with Crippen molar-refractivity contribution < 1.29 is 0 Å². The molecule has 0 aromatic rings. The molecule has 0 saturated carbocycles. The van der Waals surface area contributed by atoms with Crippen molar-refractivity contribution in [1.29, 1.82) is 0 Å². The van der Waals surface area contributed by atoms with Crippen molar-refractivity contribution in [3.63, 3.8) is 0 Å². The van der Waals surface area contributed by atoms with Crippen LogP contribution < -0.4 is 0 Å². The fourth-order valence-corrected chi connectivity index (χ4v) is 0. The van der Waals surface area contributed by atoms with Gasteiger partial charge in [0.15, 0.2) is 0 Å². The molecule has 9 heteroatoms. The summed E-state index contributed by atoms with van der Waals surface area (Å²) in [7, 11) is 0. The Morgan fingerprint density at radius 2 is 0.222 bits per heavy atom. The molecule has 0 nitrogen and oxygen atoms in total. The topological polar surface area (TPSA) is 0 Å². The van der Waals surface area contributed by atoms with Crippen LogP contribution in [0.4, 0.5) is 0 Å². The average Bonchev–Trinajstić information content (AvgIpc) is 0. The van der Waals surface area contributed by atoms with Crippen LogP contribution in [0, 0.1) is 0 Å². The first kappa shape index (κ1) is 116. The molecule has 0 aromatic heterocycles. The molecule has 0 bridgehead atoms. The van der Waals surface area contributed by atoms with Gasteiger partial charge in [-0.2, -0.15) is 0 Å². The van der Waals surface area contributed by atoms with E-state index < -0.39 is 0 Å². The third kappa shape index (κ3) is 74.5. The summed E-state index contributed by atoms with van der Waals surface area (Å²) in [6.45, 7) is 0. The van der Waals surface area contributed by atoms with E-state index in [1.807, 2.05) is 0 Å². The molecule has 0 aliphatic heterocycles. The first-order chi connectivity index (χ1) is 0. The molecule has 0 atom stereocenters. The molecule has 0 rings (SSSR count). The van der Waals surface area contributed by atoms with Crippen LogP contribution in [0.15, 0.2) is 0 Å². The van der Waals surface area contributed by atoms with Gasteiger partial charge < -0.3 is 0 Å². The summed E-state index contributed by atoms with van der Waals surface area (Å²) in [5, 5.41) is 0. The summed E-state index contributed by atoms with van der Waals surface area (Å²) in [6.07, 6.45) is 0. The van der Waals surface area contributed by atoms with Gasteiger partial charge in [-0.25, -0.2) is 0 Å². The summed E-state index contributed by atoms with van der Waals surface area (Å²) in [4.78, 5) is 0. The van der Waals surface area contributed by atoms with Gasteiger partial charge in [-0.15, -0.1) is 86.8 Å². The second-order valence-corrected chi connectivity index (χ2v) is 0. The predicted molar refractivity (Wildman–Crippen MR) is 65.0 cm³/mol. The molecular weight excluding hydrogens is 294 g/mol. The maximum absolute atomic E-state index is 0. The molecule has 0 N–H and O–H groups in total. The van der Waals surface area contributed by atoms with Gasteiger partial charge >= 0.3 is 59.1 Å². The fraction of sp³-hybridized carbons (Fsp3) is 0. The third-order valence-corrected chi connectivity index (χ3v) is 0. The van der Waals surface area contributed by atoms with Gasteiger partial charge in [-0.3, -0.25) is 0 Å². The third-order valence-electron chi connectivity index (χ3n) is 0. The van der Waals surface area contributed by atoms with Crippen LogP contribution in [-0.2, 0) is 0 Å². The molecule has 0 fully saturated rings. The van der Waals surface area contributed by atoms with E-state index in [0.29, 0.717) is 0 Å². The zero-order chi connectivity index (χ0) is 0. The Balaban J connectivity index is 0. The monoisotopic (exact) mass is 300 g/mol. The Kier molecular flexibility index (Phi) is 1160. The van der Waals surface area contributed by atoms with Crippen molar-refractivity contribution in [3.8, 4) is 0 Å². The van der Waals surface area contributed by atoms with E-state index >= 15 is 0 Å². The van der Waals surface area contributed by atoms with Crippen LogP contribution in [0.1, 0.15) is 0 Å². The molecule has 0 radical (unpaired) electrons. The van der Waals surface area contributed by atoms with Crippen molar-refractivity contribution in [3.05, 3.63) is 0 Å². The summed E-state index contributed by atoms with van der Waals surface area (Å²) >= 11 is 0. The first-order valence-electron chi connectivity index (χ1n) is 0. The second-order valence-electron chi connectivity index (χ2n) is 0. The van der Waals surface area contributed by atoms with E-state index in [9.17, 15) is 0 Å². The summed E-state index contributed by atoms with van der Waals surface area (Å²) in [5.41, 5.74) is 0. The van der Waals surface area contributed by atoms with Crippen molar-refractivity contribution in [1.82, 2.24) is 0 Å². The van der Waals surface area contributed by atoms with E-state index in [0.717, 1.165) is 0 Å². The van der Waals surface area contributed by atoms with Crippen LogP contribution in [-0.4, -0.2) is 59.1 Å². The van der Waals surface area contributed by atoms with E-state index in [-0.39, 0.29) is 146 Å². The van der Waals surface area contributed by atoms with Crippen molar-refractivity contribution >= 4 is 146 Å². The normalized spacial score (nSPS) is 0. The SMILES string of the molecule is Cl.Cl.Cl.Cl.Cl.Cl.Cl.[NaH].[NaH]. The average molecular weight is 303 g/mol. The van der Waals surface area contributed by atoms with Gasteiger partial charge in [0.05, 0.1) is 0 Å². The van der Waals surface area contributed by atoms with E-state index in [1.54, 1.807) is 0 Å². The first-order valence-corrected chi connectivity index (χ1v) is 0. The molecular formula is H9Cl7Na2. The molecule has 0 aromatic carbocycles. The summed E-state index contributed by atoms with van der Waals surface area (Å²) in [6, 6.07) is 0. The molecule has 0 unspecified atom stereocenters. The van der Waals surface area contributed by atoms with Gasteiger partial charge in [0, 0.05) is 0 Å². The number of halogens is 7. The zero-order valence-electron chi connectivity index (χ0n) is 2.86. The summed E-state index contributed by atoms with van der Waals surface area (Å²) < 4.78 is 0. The van der Waals surface area contributed by atoms with E-state index in [2.05, 4.69) is 0 Å². The van der Waals surface area contributed by atoms with Gasteiger partial charge in [0.25, 0.3) is 0 Å². The van der Waals surface area contributed by atoms with Crippen molar-refractivity contribution in [2.24, 2.45) is 0 Å². The van der Waals surface area contributed by atoms with Crippen molar-refractivity contribution in [2.45, 2.75) is 0 Å². The Hall–Kier alpha value is 4.03. The fourth-order valence-electron chi connectivity index (χ4n) is 0. The zero-order valence-corrected chi connectivity index (χ0v) is 8.57. The molecule has 0 amide bonds. The van der Waals surface area contributed by atoms with Gasteiger partial charge in [0.2, 0.25) is 0 Å². The minimum absolute atomic E-state index is 0. The van der Waals surface area contributed by atoms with Crippen LogP contribution in [0.25, 0.3) is 0 Å². The molecule has 0 aliphatic rings. The maximum atomic E-state index is 0. The Labute approximate surface area is 143 Å². The van der Waals surface area contributed by atoms with Gasteiger partial charge in [0.1, 0.15) is 0 Å². The Bertz CT molecular complexity index is 6.88. The van der Waals surface area contributed by atoms with Gasteiger partial charge in [-0.05, 0) is 0 Å². The predicted octanol–water partition coefficient (Wildman–Crippen LogP) is 1.66. The van der Waals surface area contributed by atoms with Crippen LogP contribution in [0.5, 0.6) is 0 Å². The molecule has 9 heavy (non-hydrogen) atoms.